The second kappa shape index (κ2) is 2.74. The molecule has 2 heteroatoms. The van der Waals surface area contributed by atoms with Crippen molar-refractivity contribution in [1.29, 1.82) is 0 Å². The van der Waals surface area contributed by atoms with Gasteiger partial charge < -0.3 is 4.74 Å². The Morgan fingerprint density at radius 1 is 1.36 bits per heavy atom. The first-order chi connectivity index (χ1) is 5.36. The molecule has 1 aromatic rings. The molecule has 0 amide bonds. The summed E-state index contributed by atoms with van der Waals surface area (Å²) < 4.78 is 5.42. The lowest BCUT2D eigenvalue weighted by Gasteiger charge is -2.16. The third-order valence-electron chi connectivity index (χ3n) is 1.87. The highest BCUT2D eigenvalue weighted by atomic mass is 35.5. The summed E-state index contributed by atoms with van der Waals surface area (Å²) in [6.07, 6.45) is 2.20. The Labute approximate surface area is 70.9 Å². The van der Waals surface area contributed by atoms with Crippen molar-refractivity contribution in [2.45, 2.75) is 12.8 Å². The smallest absolute Gasteiger partial charge is 0.122 e. The summed E-state index contributed by atoms with van der Waals surface area (Å²) >= 11 is 5.82. The van der Waals surface area contributed by atoms with Crippen LogP contribution >= 0.6 is 11.6 Å². The van der Waals surface area contributed by atoms with Crippen LogP contribution in [0.1, 0.15) is 12.0 Å². The van der Waals surface area contributed by atoms with Crippen LogP contribution in [-0.4, -0.2) is 6.61 Å². The highest BCUT2D eigenvalue weighted by Gasteiger charge is 2.09. The van der Waals surface area contributed by atoms with Gasteiger partial charge in [0.2, 0.25) is 0 Å². The normalized spacial score (nSPS) is 15.4. The average molecular weight is 169 g/mol. The number of rotatable bonds is 0. The van der Waals surface area contributed by atoms with Crippen LogP contribution in [0.3, 0.4) is 0 Å². The lowest BCUT2D eigenvalue weighted by atomic mass is 10.1. The molecule has 1 heterocycles. The zero-order chi connectivity index (χ0) is 7.68. The Morgan fingerprint density at radius 3 is 3.18 bits per heavy atom. The highest BCUT2D eigenvalue weighted by Crippen LogP contribution is 2.26. The summed E-state index contributed by atoms with van der Waals surface area (Å²) in [5.74, 6) is 1.00. The van der Waals surface area contributed by atoms with Crippen LogP contribution in [0.2, 0.25) is 5.02 Å². The first-order valence-electron chi connectivity index (χ1n) is 3.77. The van der Waals surface area contributed by atoms with Crippen molar-refractivity contribution in [3.63, 3.8) is 0 Å². The molecule has 1 nitrogen and oxygen atoms in total. The zero-order valence-electron chi connectivity index (χ0n) is 6.14. The molecule has 0 N–H and O–H groups in total. The van der Waals surface area contributed by atoms with E-state index in [9.17, 15) is 0 Å². The van der Waals surface area contributed by atoms with Gasteiger partial charge in [0.05, 0.1) is 6.61 Å². The Kier molecular flexibility index (Phi) is 1.74. The molecule has 0 aliphatic carbocycles. The summed E-state index contributed by atoms with van der Waals surface area (Å²) in [4.78, 5) is 0. The van der Waals surface area contributed by atoms with E-state index in [2.05, 4.69) is 0 Å². The first-order valence-corrected chi connectivity index (χ1v) is 4.15. The number of fused-ring (bicyclic) bond motifs is 1. The minimum absolute atomic E-state index is 0.800. The van der Waals surface area contributed by atoms with Crippen molar-refractivity contribution in [2.24, 2.45) is 0 Å². The van der Waals surface area contributed by atoms with Crippen LogP contribution in [0, 0.1) is 0 Å². The third-order valence-corrected chi connectivity index (χ3v) is 2.11. The molecule has 0 fully saturated rings. The van der Waals surface area contributed by atoms with Crippen molar-refractivity contribution in [2.75, 3.05) is 6.61 Å². The van der Waals surface area contributed by atoms with Crippen molar-refractivity contribution in [3.8, 4) is 5.75 Å². The monoisotopic (exact) mass is 168 g/mol. The fraction of sp³-hybridized carbons (Fsp3) is 0.333. The number of benzene rings is 1. The molecule has 1 aromatic carbocycles. The second-order valence-electron chi connectivity index (χ2n) is 2.70. The quantitative estimate of drug-likeness (QED) is 0.579. The molecule has 0 radical (unpaired) electrons. The number of ether oxygens (including phenoxy) is 1. The molecule has 0 saturated carbocycles. The predicted molar refractivity (Wildman–Crippen MR) is 45.3 cm³/mol. The molecule has 0 saturated heterocycles. The number of hydrogen-bond donors (Lipinski definition) is 0. The Hall–Kier alpha value is -0.690. The standard InChI is InChI=1S/C9H9ClO/c10-8-3-4-9-7(6-8)2-1-5-11-9/h3-4,6H,1-2,5H2. The minimum atomic E-state index is 0.800. The van der Waals surface area contributed by atoms with Gasteiger partial charge in [0, 0.05) is 5.02 Å². The largest absolute Gasteiger partial charge is 0.493 e. The Bertz CT molecular complexity index is 270. The summed E-state index contributed by atoms with van der Waals surface area (Å²) in [5.41, 5.74) is 1.24. The van der Waals surface area contributed by atoms with Gasteiger partial charge in [0.25, 0.3) is 0 Å². The van der Waals surface area contributed by atoms with E-state index in [0.717, 1.165) is 30.2 Å². The maximum absolute atomic E-state index is 5.82. The molecule has 0 atom stereocenters. The van der Waals surface area contributed by atoms with E-state index in [1.165, 1.54) is 5.56 Å². The van der Waals surface area contributed by atoms with E-state index >= 15 is 0 Å². The average Bonchev–Trinajstić information content (AvgIpc) is 2.04. The van der Waals surface area contributed by atoms with Crippen LogP contribution in [0.5, 0.6) is 5.75 Å². The van der Waals surface area contributed by atoms with Crippen LogP contribution in [0.15, 0.2) is 18.2 Å². The van der Waals surface area contributed by atoms with Crippen LogP contribution in [0.4, 0.5) is 0 Å². The van der Waals surface area contributed by atoms with Gasteiger partial charge in [-0.3, -0.25) is 0 Å². The van der Waals surface area contributed by atoms with Crippen molar-refractivity contribution in [3.05, 3.63) is 28.8 Å². The fourth-order valence-corrected chi connectivity index (χ4v) is 1.52. The predicted octanol–water partition coefficient (Wildman–Crippen LogP) is 2.67. The Balaban J connectivity index is 2.43. The molecule has 0 unspecified atom stereocenters. The van der Waals surface area contributed by atoms with Gasteiger partial charge in [-0.25, -0.2) is 0 Å². The lowest BCUT2D eigenvalue weighted by molar-refractivity contribution is 0.288. The summed E-state index contributed by atoms with van der Waals surface area (Å²) in [6.45, 7) is 0.842. The molecule has 1 aliphatic heterocycles. The second-order valence-corrected chi connectivity index (χ2v) is 3.14. The zero-order valence-corrected chi connectivity index (χ0v) is 6.90. The molecule has 2 rings (SSSR count). The summed E-state index contributed by atoms with van der Waals surface area (Å²) in [7, 11) is 0. The van der Waals surface area contributed by atoms with Crippen molar-refractivity contribution < 1.29 is 4.74 Å². The molecule has 1 aliphatic rings. The maximum atomic E-state index is 5.82. The van der Waals surface area contributed by atoms with E-state index in [0.29, 0.717) is 0 Å². The minimum Gasteiger partial charge on any atom is -0.493 e. The van der Waals surface area contributed by atoms with Crippen LogP contribution in [0.25, 0.3) is 0 Å². The Morgan fingerprint density at radius 2 is 2.27 bits per heavy atom. The SMILES string of the molecule is Clc1ccc2c(c1)CCCO2. The van der Waals surface area contributed by atoms with E-state index in [-0.39, 0.29) is 0 Å². The molecule has 0 aromatic heterocycles. The van der Waals surface area contributed by atoms with Crippen LogP contribution < -0.4 is 4.74 Å². The maximum Gasteiger partial charge on any atom is 0.122 e. The van der Waals surface area contributed by atoms with Gasteiger partial charge in [0.15, 0.2) is 0 Å². The third kappa shape index (κ3) is 1.33. The first kappa shape index (κ1) is 6.99. The van der Waals surface area contributed by atoms with Crippen molar-refractivity contribution in [1.82, 2.24) is 0 Å². The van der Waals surface area contributed by atoms with Crippen LogP contribution in [-0.2, 0) is 6.42 Å². The number of hydrogen-bond acceptors (Lipinski definition) is 1. The molecule has 11 heavy (non-hydrogen) atoms. The summed E-state index contributed by atoms with van der Waals surface area (Å²) in [5, 5.41) is 0.800. The lowest BCUT2D eigenvalue weighted by Crippen LogP contribution is -2.07. The van der Waals surface area contributed by atoms with E-state index in [4.69, 9.17) is 16.3 Å². The van der Waals surface area contributed by atoms with Gasteiger partial charge >= 0.3 is 0 Å². The van der Waals surface area contributed by atoms with Gasteiger partial charge in [-0.2, -0.15) is 0 Å². The van der Waals surface area contributed by atoms with E-state index in [1.54, 1.807) is 0 Å². The highest BCUT2D eigenvalue weighted by molar-refractivity contribution is 6.30. The topological polar surface area (TPSA) is 9.23 Å². The van der Waals surface area contributed by atoms with Gasteiger partial charge in [0.1, 0.15) is 5.75 Å². The van der Waals surface area contributed by atoms with Gasteiger partial charge in [-0.15, -0.1) is 0 Å². The number of halogens is 1. The number of aryl methyl sites for hydroxylation is 1. The van der Waals surface area contributed by atoms with E-state index in [1.807, 2.05) is 18.2 Å². The van der Waals surface area contributed by atoms with Gasteiger partial charge in [-0.05, 0) is 36.6 Å². The van der Waals surface area contributed by atoms with E-state index < -0.39 is 0 Å². The fourth-order valence-electron chi connectivity index (χ4n) is 1.33. The summed E-state index contributed by atoms with van der Waals surface area (Å²) in [6, 6.07) is 5.79. The molecule has 0 spiro atoms. The molecular formula is C9H9ClO. The molecular weight excluding hydrogens is 160 g/mol. The van der Waals surface area contributed by atoms with Crippen molar-refractivity contribution >= 4 is 11.6 Å². The molecule has 58 valence electrons. The molecule has 0 bridgehead atoms. The van der Waals surface area contributed by atoms with Gasteiger partial charge in [-0.1, -0.05) is 11.6 Å².